The summed E-state index contributed by atoms with van der Waals surface area (Å²) in [5.41, 5.74) is 1.71. The molecule has 0 aromatic heterocycles. The summed E-state index contributed by atoms with van der Waals surface area (Å²) in [6.07, 6.45) is 0. The maximum atomic E-state index is 6.10. The zero-order valence-corrected chi connectivity index (χ0v) is 13.1. The molecule has 0 amide bonds. The Balaban J connectivity index is 2.19. The van der Waals surface area contributed by atoms with Gasteiger partial charge in [-0.2, -0.15) is 0 Å². The molecule has 0 unspecified atom stereocenters. The predicted molar refractivity (Wildman–Crippen MR) is 83.3 cm³/mol. The van der Waals surface area contributed by atoms with Crippen molar-refractivity contribution in [2.24, 2.45) is 0 Å². The molecule has 2 rings (SSSR count). The first-order valence-corrected chi connectivity index (χ1v) is 7.23. The minimum atomic E-state index is 0.273. The Bertz CT molecular complexity index is 579. The highest BCUT2D eigenvalue weighted by molar-refractivity contribution is 6.35. The Morgan fingerprint density at radius 3 is 2.30 bits per heavy atom. The zero-order valence-electron chi connectivity index (χ0n) is 10.8. The summed E-state index contributed by atoms with van der Waals surface area (Å²) in [6.45, 7) is 0.273. The first-order valence-electron chi connectivity index (χ1n) is 5.94. The van der Waals surface area contributed by atoms with Crippen molar-refractivity contribution in [3.05, 3.63) is 57.6 Å². The highest BCUT2D eigenvalue weighted by Gasteiger charge is 2.09. The van der Waals surface area contributed by atoms with Crippen molar-refractivity contribution >= 4 is 34.8 Å². The molecule has 0 heterocycles. The van der Waals surface area contributed by atoms with Crippen molar-refractivity contribution in [1.82, 2.24) is 0 Å². The number of hydrogen-bond acceptors (Lipinski definition) is 2. The van der Waals surface area contributed by atoms with Crippen molar-refractivity contribution < 1.29 is 9.47 Å². The Hall–Kier alpha value is -1.09. The third-order valence-corrected chi connectivity index (χ3v) is 3.83. The van der Waals surface area contributed by atoms with Crippen LogP contribution in [0.3, 0.4) is 0 Å². The molecule has 2 aromatic rings. The molecule has 0 radical (unpaired) electrons. The molecule has 0 bridgehead atoms. The minimum absolute atomic E-state index is 0.273. The highest BCUT2D eigenvalue weighted by Crippen LogP contribution is 2.31. The fourth-order valence-electron chi connectivity index (χ4n) is 1.73. The molecule has 5 heteroatoms. The second-order valence-corrected chi connectivity index (χ2v) is 5.19. The van der Waals surface area contributed by atoms with Crippen molar-refractivity contribution in [3.63, 3.8) is 0 Å². The van der Waals surface area contributed by atoms with Gasteiger partial charge in [-0.15, -0.1) is 11.6 Å². The van der Waals surface area contributed by atoms with E-state index in [0.29, 0.717) is 27.4 Å². The molecule has 0 spiro atoms. The van der Waals surface area contributed by atoms with Crippen molar-refractivity contribution in [1.29, 1.82) is 0 Å². The molecule has 0 aliphatic heterocycles. The fourth-order valence-corrected chi connectivity index (χ4v) is 2.41. The van der Waals surface area contributed by atoms with Gasteiger partial charge in [-0.25, -0.2) is 0 Å². The number of alkyl halides is 1. The van der Waals surface area contributed by atoms with Gasteiger partial charge in [-0.05, 0) is 29.8 Å². The average molecular weight is 332 g/mol. The minimum Gasteiger partial charge on any atom is -0.493 e. The lowest BCUT2D eigenvalue weighted by Crippen LogP contribution is -1.99. The molecule has 0 N–H and O–H groups in total. The summed E-state index contributed by atoms with van der Waals surface area (Å²) >= 11 is 18.0. The van der Waals surface area contributed by atoms with E-state index in [4.69, 9.17) is 44.3 Å². The van der Waals surface area contributed by atoms with E-state index in [0.717, 1.165) is 11.1 Å². The van der Waals surface area contributed by atoms with Crippen LogP contribution in [0.1, 0.15) is 11.1 Å². The fraction of sp³-hybridized carbons (Fsp3) is 0.200. The van der Waals surface area contributed by atoms with Crippen LogP contribution in [-0.2, 0) is 12.5 Å². The van der Waals surface area contributed by atoms with Gasteiger partial charge in [0.25, 0.3) is 0 Å². The number of benzene rings is 2. The summed E-state index contributed by atoms with van der Waals surface area (Å²) in [4.78, 5) is 0. The summed E-state index contributed by atoms with van der Waals surface area (Å²) in [5.74, 6) is 1.68. The van der Waals surface area contributed by atoms with E-state index < -0.39 is 0 Å². The molecule has 0 saturated carbocycles. The monoisotopic (exact) mass is 330 g/mol. The highest BCUT2D eigenvalue weighted by atomic mass is 35.5. The maximum Gasteiger partial charge on any atom is 0.161 e. The number of rotatable bonds is 5. The smallest absolute Gasteiger partial charge is 0.161 e. The van der Waals surface area contributed by atoms with Gasteiger partial charge in [0.2, 0.25) is 0 Å². The molecule has 0 saturated heterocycles. The van der Waals surface area contributed by atoms with Crippen LogP contribution in [0, 0.1) is 0 Å². The zero-order chi connectivity index (χ0) is 14.5. The second kappa shape index (κ2) is 7.07. The van der Waals surface area contributed by atoms with E-state index in [-0.39, 0.29) is 6.61 Å². The number of halogens is 3. The Morgan fingerprint density at radius 2 is 1.70 bits per heavy atom. The van der Waals surface area contributed by atoms with Crippen LogP contribution in [0.15, 0.2) is 36.4 Å². The van der Waals surface area contributed by atoms with Crippen LogP contribution < -0.4 is 9.47 Å². The van der Waals surface area contributed by atoms with Crippen molar-refractivity contribution in [2.45, 2.75) is 12.5 Å². The number of hydrogen-bond donors (Lipinski definition) is 0. The van der Waals surface area contributed by atoms with E-state index in [9.17, 15) is 0 Å². The molecular weight excluding hydrogens is 319 g/mol. The lowest BCUT2D eigenvalue weighted by molar-refractivity contribution is 0.284. The van der Waals surface area contributed by atoms with Gasteiger partial charge in [0.1, 0.15) is 6.61 Å². The molecule has 20 heavy (non-hydrogen) atoms. The van der Waals surface area contributed by atoms with Crippen LogP contribution in [0.2, 0.25) is 10.0 Å². The third kappa shape index (κ3) is 3.51. The van der Waals surface area contributed by atoms with Gasteiger partial charge in [-0.1, -0.05) is 35.3 Å². The first kappa shape index (κ1) is 15.3. The topological polar surface area (TPSA) is 18.5 Å². The standard InChI is InChI=1S/C15H13Cl3O2/c1-19-15-7-10(8-16)5-6-14(15)20-9-11-12(17)3-2-4-13(11)18/h2-7H,8-9H2,1H3. The van der Waals surface area contributed by atoms with E-state index in [2.05, 4.69) is 0 Å². The van der Waals surface area contributed by atoms with Crippen molar-refractivity contribution in [3.8, 4) is 11.5 Å². The van der Waals surface area contributed by atoms with Gasteiger partial charge in [-0.3, -0.25) is 0 Å². The SMILES string of the molecule is COc1cc(CCl)ccc1OCc1c(Cl)cccc1Cl. The van der Waals surface area contributed by atoms with E-state index in [1.54, 1.807) is 25.3 Å². The first-order chi connectivity index (χ1) is 9.65. The van der Waals surface area contributed by atoms with Gasteiger partial charge in [0.05, 0.1) is 7.11 Å². The Kier molecular flexibility index (Phi) is 5.41. The summed E-state index contributed by atoms with van der Waals surface area (Å²) in [7, 11) is 1.59. The van der Waals surface area contributed by atoms with Crippen LogP contribution >= 0.6 is 34.8 Å². The molecule has 0 atom stereocenters. The Labute approximate surface area is 133 Å². The van der Waals surface area contributed by atoms with Gasteiger partial charge in [0, 0.05) is 21.5 Å². The maximum absolute atomic E-state index is 6.10. The summed E-state index contributed by atoms with van der Waals surface area (Å²) in [6, 6.07) is 10.9. The number of methoxy groups -OCH3 is 1. The van der Waals surface area contributed by atoms with Crippen LogP contribution in [0.5, 0.6) is 11.5 Å². The normalized spacial score (nSPS) is 10.4. The second-order valence-electron chi connectivity index (χ2n) is 4.11. The number of ether oxygens (including phenoxy) is 2. The molecule has 0 fully saturated rings. The quantitative estimate of drug-likeness (QED) is 0.690. The average Bonchev–Trinajstić information content (AvgIpc) is 2.46. The van der Waals surface area contributed by atoms with Gasteiger partial charge in [0.15, 0.2) is 11.5 Å². The Morgan fingerprint density at radius 1 is 1.00 bits per heavy atom. The predicted octanol–water partition coefficient (Wildman–Crippen LogP) is 5.32. The largest absolute Gasteiger partial charge is 0.493 e. The van der Waals surface area contributed by atoms with Crippen molar-refractivity contribution in [2.75, 3.05) is 7.11 Å². The molecule has 0 aliphatic carbocycles. The third-order valence-electron chi connectivity index (χ3n) is 2.82. The van der Waals surface area contributed by atoms with Crippen LogP contribution in [0.4, 0.5) is 0 Å². The lowest BCUT2D eigenvalue weighted by atomic mass is 10.2. The van der Waals surface area contributed by atoms with Crippen LogP contribution in [0.25, 0.3) is 0 Å². The molecule has 2 nitrogen and oxygen atoms in total. The van der Waals surface area contributed by atoms with E-state index in [1.807, 2.05) is 18.2 Å². The van der Waals surface area contributed by atoms with Crippen LogP contribution in [-0.4, -0.2) is 7.11 Å². The van der Waals surface area contributed by atoms with E-state index >= 15 is 0 Å². The molecular formula is C15H13Cl3O2. The van der Waals surface area contributed by atoms with E-state index in [1.165, 1.54) is 0 Å². The lowest BCUT2D eigenvalue weighted by Gasteiger charge is -2.13. The summed E-state index contributed by atoms with van der Waals surface area (Å²) < 4.78 is 11.0. The van der Waals surface area contributed by atoms with Gasteiger partial charge < -0.3 is 9.47 Å². The summed E-state index contributed by atoms with van der Waals surface area (Å²) in [5, 5.41) is 1.16. The molecule has 2 aromatic carbocycles. The van der Waals surface area contributed by atoms with Gasteiger partial charge >= 0.3 is 0 Å². The molecule has 0 aliphatic rings. The molecule has 106 valence electrons.